The number of nitrogens with one attached hydrogen (secondary N) is 1. The fourth-order valence-corrected chi connectivity index (χ4v) is 3.26. The highest BCUT2D eigenvalue weighted by atomic mass is 79.9. The average Bonchev–Trinajstić information content (AvgIpc) is 2.65. The molecule has 0 aromatic heterocycles. The summed E-state index contributed by atoms with van der Waals surface area (Å²) in [5, 5.41) is 13.7. The second kappa shape index (κ2) is 10.1. The molecule has 0 heterocycles. The summed E-state index contributed by atoms with van der Waals surface area (Å²) >= 11 is 4.73. The molecular weight excluding hydrogens is 420 g/mol. The molecule has 0 atom stereocenters. The standard InChI is InChI=1S/C18H19BrN2O4S/c1-24-14-5-3-12(4-6-14)10-26-11-17(22)21-20-9-13-7-15(19)18(23)16(8-13)25-2/h3-9,23H,10-11H2,1-2H3,(H,21,22)/b20-9-. The van der Waals surface area contributed by atoms with Crippen molar-refractivity contribution in [2.75, 3.05) is 20.0 Å². The minimum Gasteiger partial charge on any atom is -0.503 e. The van der Waals surface area contributed by atoms with E-state index in [0.29, 0.717) is 21.5 Å². The Hall–Kier alpha value is -2.19. The van der Waals surface area contributed by atoms with Crippen molar-refractivity contribution in [3.05, 3.63) is 52.0 Å². The largest absolute Gasteiger partial charge is 0.503 e. The Morgan fingerprint density at radius 3 is 2.65 bits per heavy atom. The number of thioether (sulfide) groups is 1. The predicted molar refractivity (Wildman–Crippen MR) is 107 cm³/mol. The van der Waals surface area contributed by atoms with Crippen molar-refractivity contribution in [3.63, 3.8) is 0 Å². The van der Waals surface area contributed by atoms with Crippen LogP contribution in [0, 0.1) is 0 Å². The fourth-order valence-electron chi connectivity index (χ4n) is 2.02. The molecule has 0 spiro atoms. The molecular formula is C18H19BrN2O4S. The van der Waals surface area contributed by atoms with Crippen molar-refractivity contribution in [2.45, 2.75) is 5.75 Å². The van der Waals surface area contributed by atoms with Gasteiger partial charge in [-0.1, -0.05) is 12.1 Å². The van der Waals surface area contributed by atoms with E-state index < -0.39 is 0 Å². The molecule has 0 saturated carbocycles. The number of phenols is 1. The van der Waals surface area contributed by atoms with Crippen LogP contribution in [0.15, 0.2) is 46.0 Å². The van der Waals surface area contributed by atoms with E-state index in [4.69, 9.17) is 9.47 Å². The van der Waals surface area contributed by atoms with Gasteiger partial charge in [0.2, 0.25) is 5.91 Å². The molecule has 0 radical (unpaired) electrons. The second-order valence-electron chi connectivity index (χ2n) is 5.19. The van der Waals surface area contributed by atoms with Crippen LogP contribution in [0.4, 0.5) is 0 Å². The Kier molecular flexibility index (Phi) is 7.80. The highest BCUT2D eigenvalue weighted by molar-refractivity contribution is 9.10. The van der Waals surface area contributed by atoms with Gasteiger partial charge < -0.3 is 14.6 Å². The number of halogens is 1. The first-order valence-electron chi connectivity index (χ1n) is 7.62. The van der Waals surface area contributed by atoms with Crippen LogP contribution < -0.4 is 14.9 Å². The van der Waals surface area contributed by atoms with Gasteiger partial charge in [-0.15, -0.1) is 11.8 Å². The van der Waals surface area contributed by atoms with Crippen LogP contribution in [0.1, 0.15) is 11.1 Å². The lowest BCUT2D eigenvalue weighted by atomic mass is 10.2. The molecule has 6 nitrogen and oxygen atoms in total. The van der Waals surface area contributed by atoms with Gasteiger partial charge in [-0.3, -0.25) is 4.79 Å². The highest BCUT2D eigenvalue weighted by Crippen LogP contribution is 2.34. The van der Waals surface area contributed by atoms with Crippen molar-refractivity contribution in [3.8, 4) is 17.2 Å². The van der Waals surface area contributed by atoms with Crippen molar-refractivity contribution in [1.29, 1.82) is 0 Å². The molecule has 0 aliphatic heterocycles. The SMILES string of the molecule is COc1ccc(CSCC(=O)N/N=C\c2cc(Br)c(O)c(OC)c2)cc1. The molecule has 138 valence electrons. The number of ether oxygens (including phenoxy) is 2. The molecule has 0 unspecified atom stereocenters. The summed E-state index contributed by atoms with van der Waals surface area (Å²) in [4.78, 5) is 11.8. The number of methoxy groups -OCH3 is 2. The Morgan fingerprint density at radius 1 is 1.27 bits per heavy atom. The Morgan fingerprint density at radius 2 is 2.00 bits per heavy atom. The number of nitrogens with zero attached hydrogens (tertiary/aromatic N) is 1. The highest BCUT2D eigenvalue weighted by Gasteiger charge is 2.07. The lowest BCUT2D eigenvalue weighted by Gasteiger charge is -2.06. The second-order valence-corrected chi connectivity index (χ2v) is 7.03. The summed E-state index contributed by atoms with van der Waals surface area (Å²) in [6.07, 6.45) is 1.48. The summed E-state index contributed by atoms with van der Waals surface area (Å²) in [5.74, 6) is 1.98. The van der Waals surface area contributed by atoms with Crippen LogP contribution in [0.3, 0.4) is 0 Å². The number of rotatable bonds is 8. The van der Waals surface area contributed by atoms with Crippen molar-refractivity contribution in [1.82, 2.24) is 5.43 Å². The molecule has 0 saturated heterocycles. The number of benzene rings is 2. The first-order chi connectivity index (χ1) is 12.5. The normalized spacial score (nSPS) is 10.7. The molecule has 2 aromatic carbocycles. The first-order valence-corrected chi connectivity index (χ1v) is 9.57. The van der Waals surface area contributed by atoms with Gasteiger partial charge in [0, 0.05) is 5.75 Å². The van der Waals surface area contributed by atoms with Gasteiger partial charge in [-0.2, -0.15) is 5.10 Å². The molecule has 0 fully saturated rings. The Balaban J connectivity index is 1.79. The summed E-state index contributed by atoms with van der Waals surface area (Å²) in [5.41, 5.74) is 4.28. The third-order valence-electron chi connectivity index (χ3n) is 3.33. The third-order valence-corrected chi connectivity index (χ3v) is 4.94. The molecule has 2 rings (SSSR count). The summed E-state index contributed by atoms with van der Waals surface area (Å²) in [6.45, 7) is 0. The zero-order valence-electron chi connectivity index (χ0n) is 14.4. The summed E-state index contributed by atoms with van der Waals surface area (Å²) in [7, 11) is 3.09. The predicted octanol–water partition coefficient (Wildman–Crippen LogP) is 3.56. The van der Waals surface area contributed by atoms with E-state index in [2.05, 4.69) is 26.5 Å². The van der Waals surface area contributed by atoms with Gasteiger partial charge in [0.25, 0.3) is 0 Å². The third kappa shape index (κ3) is 5.96. The van der Waals surface area contributed by atoms with E-state index in [-0.39, 0.29) is 11.7 Å². The van der Waals surface area contributed by atoms with E-state index >= 15 is 0 Å². The van der Waals surface area contributed by atoms with E-state index in [9.17, 15) is 9.90 Å². The molecule has 0 bridgehead atoms. The van der Waals surface area contributed by atoms with Crippen LogP contribution in [-0.4, -0.2) is 37.2 Å². The molecule has 0 aliphatic carbocycles. The lowest BCUT2D eigenvalue weighted by Crippen LogP contribution is -2.19. The monoisotopic (exact) mass is 438 g/mol. The van der Waals surface area contributed by atoms with Crippen LogP contribution in [0.5, 0.6) is 17.2 Å². The number of hydrogen-bond donors (Lipinski definition) is 2. The number of carbonyl (C=O) groups excluding carboxylic acids is 1. The zero-order valence-corrected chi connectivity index (χ0v) is 16.8. The maximum atomic E-state index is 11.8. The molecule has 2 aromatic rings. The number of amides is 1. The Labute approximate surface area is 164 Å². The van der Waals surface area contributed by atoms with Gasteiger partial charge in [0.15, 0.2) is 11.5 Å². The van der Waals surface area contributed by atoms with Crippen molar-refractivity contribution >= 4 is 39.8 Å². The Bertz CT molecular complexity index is 782. The summed E-state index contributed by atoms with van der Waals surface area (Å²) in [6, 6.07) is 11.0. The average molecular weight is 439 g/mol. The van der Waals surface area contributed by atoms with Crippen molar-refractivity contribution < 1.29 is 19.4 Å². The molecule has 0 aliphatic rings. The van der Waals surface area contributed by atoms with Crippen LogP contribution in [-0.2, 0) is 10.5 Å². The van der Waals surface area contributed by atoms with E-state index in [1.807, 2.05) is 24.3 Å². The maximum absolute atomic E-state index is 11.8. The quantitative estimate of drug-likeness (QED) is 0.486. The summed E-state index contributed by atoms with van der Waals surface area (Å²) < 4.78 is 10.7. The van der Waals surface area contributed by atoms with Crippen LogP contribution >= 0.6 is 27.7 Å². The van der Waals surface area contributed by atoms with E-state index in [0.717, 1.165) is 17.1 Å². The number of hydrazone groups is 1. The van der Waals surface area contributed by atoms with Crippen molar-refractivity contribution in [2.24, 2.45) is 5.10 Å². The molecule has 1 amide bonds. The van der Waals surface area contributed by atoms with Gasteiger partial charge in [-0.05, 0) is 51.3 Å². The first kappa shape index (κ1) is 20.1. The maximum Gasteiger partial charge on any atom is 0.250 e. The van der Waals surface area contributed by atoms with Gasteiger partial charge in [0.1, 0.15) is 5.75 Å². The number of hydrogen-bond acceptors (Lipinski definition) is 6. The molecule has 26 heavy (non-hydrogen) atoms. The number of phenolic OH excluding ortho intramolecular Hbond substituents is 1. The van der Waals surface area contributed by atoms with Gasteiger partial charge in [0.05, 0.1) is 30.7 Å². The van der Waals surface area contributed by atoms with Gasteiger partial charge >= 0.3 is 0 Å². The minimum atomic E-state index is -0.190. The zero-order chi connectivity index (χ0) is 18.9. The smallest absolute Gasteiger partial charge is 0.250 e. The minimum absolute atomic E-state index is 0.0172. The van der Waals surface area contributed by atoms with E-state index in [1.54, 1.807) is 19.2 Å². The lowest BCUT2D eigenvalue weighted by molar-refractivity contribution is -0.118. The number of carbonyl (C=O) groups is 1. The fraction of sp³-hybridized carbons (Fsp3) is 0.222. The molecule has 2 N–H and O–H groups in total. The molecule has 8 heteroatoms. The van der Waals surface area contributed by atoms with Crippen LogP contribution in [0.25, 0.3) is 0 Å². The van der Waals surface area contributed by atoms with E-state index in [1.165, 1.54) is 25.1 Å². The van der Waals surface area contributed by atoms with Gasteiger partial charge in [-0.25, -0.2) is 5.43 Å². The van der Waals surface area contributed by atoms with Crippen LogP contribution in [0.2, 0.25) is 0 Å². The topological polar surface area (TPSA) is 80.2 Å². The number of aromatic hydroxyl groups is 1.